The van der Waals surface area contributed by atoms with Gasteiger partial charge in [-0.3, -0.25) is 0 Å². The van der Waals surface area contributed by atoms with Crippen LogP contribution in [0, 0.1) is 5.92 Å². The molecule has 2 atom stereocenters. The van der Waals surface area contributed by atoms with E-state index in [1.165, 1.54) is 24.3 Å². The predicted octanol–water partition coefficient (Wildman–Crippen LogP) is 1.05. The summed E-state index contributed by atoms with van der Waals surface area (Å²) in [6, 6.07) is 0. The Morgan fingerprint density at radius 2 is 2.38 bits per heavy atom. The Hall–Kier alpha value is 0.230. The molecule has 0 bridgehead atoms. The van der Waals surface area contributed by atoms with Gasteiger partial charge in [-0.05, 0) is 38.6 Å². The second-order valence-corrected chi connectivity index (χ2v) is 6.39. The molecular formula is C12H24N2OS. The zero-order valence-electron chi connectivity index (χ0n) is 10.5. The molecule has 0 saturated carbocycles. The SMILES string of the molecule is CN(C)C1(CNCC2CCOC2)CCSC1. The standard InChI is InChI=1S/C12H24N2OS/c1-14(2)12(4-6-16-10-12)9-13-7-11-3-5-15-8-11/h11,13H,3-10H2,1-2H3. The maximum Gasteiger partial charge on any atom is 0.0507 e. The van der Waals surface area contributed by atoms with Gasteiger partial charge < -0.3 is 15.0 Å². The lowest BCUT2D eigenvalue weighted by molar-refractivity contribution is 0.167. The molecule has 0 aliphatic carbocycles. The maximum atomic E-state index is 5.40. The Kier molecular flexibility index (Phi) is 4.53. The second kappa shape index (κ2) is 5.71. The van der Waals surface area contributed by atoms with E-state index >= 15 is 0 Å². The fourth-order valence-corrected chi connectivity index (χ4v) is 4.05. The van der Waals surface area contributed by atoms with Gasteiger partial charge in [-0.15, -0.1) is 0 Å². The molecule has 16 heavy (non-hydrogen) atoms. The third kappa shape index (κ3) is 2.92. The highest BCUT2D eigenvalue weighted by molar-refractivity contribution is 7.99. The third-order valence-corrected chi connectivity index (χ3v) is 5.18. The Morgan fingerprint density at radius 1 is 1.50 bits per heavy atom. The molecule has 0 aromatic rings. The van der Waals surface area contributed by atoms with Crippen molar-refractivity contribution < 1.29 is 4.74 Å². The van der Waals surface area contributed by atoms with Crippen molar-refractivity contribution in [3.63, 3.8) is 0 Å². The highest BCUT2D eigenvalue weighted by Gasteiger charge is 2.36. The number of thioether (sulfide) groups is 1. The van der Waals surface area contributed by atoms with Gasteiger partial charge in [-0.1, -0.05) is 0 Å². The van der Waals surface area contributed by atoms with Crippen molar-refractivity contribution in [3.8, 4) is 0 Å². The minimum Gasteiger partial charge on any atom is -0.381 e. The van der Waals surface area contributed by atoms with E-state index in [1.54, 1.807) is 0 Å². The molecular weight excluding hydrogens is 220 g/mol. The summed E-state index contributed by atoms with van der Waals surface area (Å²) in [6.45, 7) is 4.17. The molecule has 2 rings (SSSR count). The minimum absolute atomic E-state index is 0.393. The highest BCUT2D eigenvalue weighted by atomic mass is 32.2. The summed E-state index contributed by atoms with van der Waals surface area (Å²) >= 11 is 2.09. The van der Waals surface area contributed by atoms with Crippen LogP contribution in [-0.4, -0.2) is 62.3 Å². The topological polar surface area (TPSA) is 24.5 Å². The van der Waals surface area contributed by atoms with Gasteiger partial charge in [0, 0.05) is 31.0 Å². The molecule has 2 fully saturated rings. The first kappa shape index (κ1) is 12.7. The molecule has 1 N–H and O–H groups in total. The Morgan fingerprint density at radius 3 is 2.94 bits per heavy atom. The van der Waals surface area contributed by atoms with Crippen LogP contribution in [0.1, 0.15) is 12.8 Å². The molecule has 2 saturated heterocycles. The van der Waals surface area contributed by atoms with E-state index in [4.69, 9.17) is 4.74 Å². The molecule has 4 heteroatoms. The molecule has 0 aromatic heterocycles. The number of hydrogen-bond donors (Lipinski definition) is 1. The van der Waals surface area contributed by atoms with Crippen molar-refractivity contribution in [2.75, 3.05) is 51.9 Å². The minimum atomic E-state index is 0.393. The molecule has 2 aliphatic rings. The predicted molar refractivity (Wildman–Crippen MR) is 70.2 cm³/mol. The van der Waals surface area contributed by atoms with Gasteiger partial charge in [0.2, 0.25) is 0 Å². The molecule has 0 spiro atoms. The summed E-state index contributed by atoms with van der Waals surface area (Å²) in [5.41, 5.74) is 0.393. The molecule has 0 aromatic carbocycles. The van der Waals surface area contributed by atoms with E-state index in [2.05, 4.69) is 36.1 Å². The summed E-state index contributed by atoms with van der Waals surface area (Å²) < 4.78 is 5.40. The molecule has 3 nitrogen and oxygen atoms in total. The Labute approximate surface area is 103 Å². The summed E-state index contributed by atoms with van der Waals surface area (Å²) in [5, 5.41) is 3.66. The molecule has 2 heterocycles. The van der Waals surface area contributed by atoms with Gasteiger partial charge in [0.05, 0.1) is 6.61 Å². The van der Waals surface area contributed by atoms with Crippen LogP contribution in [0.3, 0.4) is 0 Å². The van der Waals surface area contributed by atoms with Crippen molar-refractivity contribution >= 4 is 11.8 Å². The first-order chi connectivity index (χ1) is 7.73. The lowest BCUT2D eigenvalue weighted by Gasteiger charge is -2.36. The number of nitrogens with one attached hydrogen (secondary N) is 1. The summed E-state index contributed by atoms with van der Waals surface area (Å²) in [4.78, 5) is 2.41. The van der Waals surface area contributed by atoms with Crippen LogP contribution in [0.4, 0.5) is 0 Å². The van der Waals surface area contributed by atoms with Crippen molar-refractivity contribution in [1.29, 1.82) is 0 Å². The third-order valence-electron chi connectivity index (χ3n) is 3.94. The van der Waals surface area contributed by atoms with Gasteiger partial charge in [-0.25, -0.2) is 0 Å². The van der Waals surface area contributed by atoms with Crippen molar-refractivity contribution in [2.45, 2.75) is 18.4 Å². The van der Waals surface area contributed by atoms with Crippen molar-refractivity contribution in [3.05, 3.63) is 0 Å². The number of rotatable bonds is 5. The van der Waals surface area contributed by atoms with Crippen LogP contribution in [0.2, 0.25) is 0 Å². The molecule has 2 aliphatic heterocycles. The van der Waals surface area contributed by atoms with Crippen molar-refractivity contribution in [1.82, 2.24) is 10.2 Å². The maximum absolute atomic E-state index is 5.40. The lowest BCUT2D eigenvalue weighted by atomic mass is 9.97. The first-order valence-electron chi connectivity index (χ1n) is 6.27. The summed E-state index contributed by atoms with van der Waals surface area (Å²) in [5.74, 6) is 3.33. The van der Waals surface area contributed by atoms with Gasteiger partial charge in [0.1, 0.15) is 0 Å². The lowest BCUT2D eigenvalue weighted by Crippen LogP contribution is -2.52. The monoisotopic (exact) mass is 244 g/mol. The molecule has 0 radical (unpaired) electrons. The quantitative estimate of drug-likeness (QED) is 0.781. The smallest absolute Gasteiger partial charge is 0.0507 e. The molecule has 2 unspecified atom stereocenters. The van der Waals surface area contributed by atoms with E-state index in [0.717, 1.165) is 32.2 Å². The Bertz CT molecular complexity index is 211. The normalized spacial score (nSPS) is 35.1. The van der Waals surface area contributed by atoms with Gasteiger partial charge in [-0.2, -0.15) is 11.8 Å². The van der Waals surface area contributed by atoms with Crippen LogP contribution in [0.5, 0.6) is 0 Å². The van der Waals surface area contributed by atoms with Crippen molar-refractivity contribution in [2.24, 2.45) is 5.92 Å². The van der Waals surface area contributed by atoms with Crippen LogP contribution in [0.25, 0.3) is 0 Å². The van der Waals surface area contributed by atoms with Gasteiger partial charge in [0.25, 0.3) is 0 Å². The van der Waals surface area contributed by atoms with Crippen LogP contribution >= 0.6 is 11.8 Å². The number of nitrogens with zero attached hydrogens (tertiary/aromatic N) is 1. The van der Waals surface area contributed by atoms with Gasteiger partial charge >= 0.3 is 0 Å². The Balaban J connectivity index is 1.73. The summed E-state index contributed by atoms with van der Waals surface area (Å²) in [7, 11) is 4.43. The fraction of sp³-hybridized carbons (Fsp3) is 1.00. The van der Waals surface area contributed by atoms with Crippen LogP contribution in [-0.2, 0) is 4.74 Å². The average molecular weight is 244 g/mol. The zero-order chi connectivity index (χ0) is 11.4. The number of ether oxygens (including phenoxy) is 1. The van der Waals surface area contributed by atoms with Gasteiger partial charge in [0.15, 0.2) is 0 Å². The average Bonchev–Trinajstić information content (AvgIpc) is 2.88. The highest BCUT2D eigenvalue weighted by Crippen LogP contribution is 2.31. The van der Waals surface area contributed by atoms with E-state index < -0.39 is 0 Å². The number of likely N-dealkylation sites (N-methyl/N-ethyl adjacent to an activating group) is 1. The van der Waals surface area contributed by atoms with E-state index in [9.17, 15) is 0 Å². The first-order valence-corrected chi connectivity index (χ1v) is 7.42. The van der Waals surface area contributed by atoms with E-state index in [1.807, 2.05) is 0 Å². The molecule has 94 valence electrons. The fourth-order valence-electron chi connectivity index (χ4n) is 2.50. The van der Waals surface area contributed by atoms with Crippen LogP contribution in [0.15, 0.2) is 0 Å². The second-order valence-electron chi connectivity index (χ2n) is 5.28. The van der Waals surface area contributed by atoms with E-state index in [0.29, 0.717) is 5.54 Å². The number of hydrogen-bond acceptors (Lipinski definition) is 4. The van der Waals surface area contributed by atoms with Crippen LogP contribution < -0.4 is 5.32 Å². The zero-order valence-corrected chi connectivity index (χ0v) is 11.3. The molecule has 0 amide bonds. The largest absolute Gasteiger partial charge is 0.381 e. The summed E-state index contributed by atoms with van der Waals surface area (Å²) in [6.07, 6.45) is 2.55. The van der Waals surface area contributed by atoms with E-state index in [-0.39, 0.29) is 0 Å².